The number of oxime groups is 1. The molecule has 0 saturated heterocycles. The highest BCUT2D eigenvalue weighted by atomic mass is 16.5. The minimum absolute atomic E-state index is 0.0590. The molecule has 0 aromatic heterocycles. The van der Waals surface area contributed by atoms with Gasteiger partial charge in [-0.3, -0.25) is 0 Å². The Labute approximate surface area is 111 Å². The smallest absolute Gasteiger partial charge is 0.161 e. The lowest BCUT2D eigenvalue weighted by Crippen LogP contribution is -2.13. The van der Waals surface area contributed by atoms with Gasteiger partial charge >= 0.3 is 0 Å². The molecule has 4 heteroatoms. The van der Waals surface area contributed by atoms with Crippen LogP contribution in [0.15, 0.2) is 53.7 Å². The minimum Gasteiger partial charge on any atom is -0.504 e. The zero-order valence-corrected chi connectivity index (χ0v) is 10.6. The lowest BCUT2D eigenvalue weighted by molar-refractivity contribution is 0.304. The lowest BCUT2D eigenvalue weighted by Gasteiger charge is -2.09. The monoisotopic (exact) mass is 257 g/mol. The molecule has 0 spiro atoms. The van der Waals surface area contributed by atoms with E-state index in [0.717, 1.165) is 11.1 Å². The van der Waals surface area contributed by atoms with Crippen molar-refractivity contribution in [1.29, 1.82) is 0 Å². The van der Waals surface area contributed by atoms with Crippen LogP contribution in [0.5, 0.6) is 11.5 Å². The van der Waals surface area contributed by atoms with Crippen molar-refractivity contribution in [1.82, 2.24) is 0 Å². The summed E-state index contributed by atoms with van der Waals surface area (Å²) in [5, 5.41) is 21.9. The summed E-state index contributed by atoms with van der Waals surface area (Å²) < 4.78 is 5.43. The van der Waals surface area contributed by atoms with E-state index in [0.29, 0.717) is 11.5 Å². The molecule has 4 nitrogen and oxygen atoms in total. The van der Waals surface area contributed by atoms with Gasteiger partial charge < -0.3 is 15.1 Å². The van der Waals surface area contributed by atoms with Gasteiger partial charge in [0.1, 0.15) is 12.3 Å². The summed E-state index contributed by atoms with van der Waals surface area (Å²) in [6, 6.07) is 14.2. The van der Waals surface area contributed by atoms with E-state index in [-0.39, 0.29) is 12.4 Å². The van der Waals surface area contributed by atoms with Crippen LogP contribution in [0.4, 0.5) is 0 Å². The van der Waals surface area contributed by atoms with Gasteiger partial charge in [-0.15, -0.1) is 0 Å². The van der Waals surface area contributed by atoms with Crippen molar-refractivity contribution in [3.8, 4) is 11.5 Å². The summed E-state index contributed by atoms with van der Waals surface area (Å²) in [6.07, 6.45) is 0. The molecular weight excluding hydrogens is 242 g/mol. The molecule has 98 valence electrons. The Bertz CT molecular complexity index is 576. The van der Waals surface area contributed by atoms with Crippen molar-refractivity contribution < 1.29 is 15.1 Å². The number of rotatable bonds is 4. The highest BCUT2D eigenvalue weighted by molar-refractivity contribution is 6.01. The number of benzene rings is 2. The van der Waals surface area contributed by atoms with Gasteiger partial charge in [0.2, 0.25) is 0 Å². The molecule has 0 atom stereocenters. The van der Waals surface area contributed by atoms with Crippen LogP contribution in [0.3, 0.4) is 0 Å². The summed E-state index contributed by atoms with van der Waals surface area (Å²) in [6.45, 7) is 2.06. The van der Waals surface area contributed by atoms with Crippen molar-refractivity contribution in [3.05, 3.63) is 59.7 Å². The molecule has 2 rings (SSSR count). The molecule has 2 N–H and O–H groups in total. The average molecular weight is 257 g/mol. The highest BCUT2D eigenvalue weighted by Crippen LogP contribution is 2.24. The number of nitrogens with zero attached hydrogens (tertiary/aromatic N) is 1. The maximum atomic E-state index is 9.58. The Morgan fingerprint density at radius 1 is 1.11 bits per heavy atom. The standard InChI is InChI=1S/C15H15NO3/c1-11-6-8-12(9-7-11)13(16-18)10-19-15-5-3-2-4-14(15)17/h2-9,17-18H,10H2,1H3. The van der Waals surface area contributed by atoms with Gasteiger partial charge in [-0.1, -0.05) is 47.1 Å². The predicted molar refractivity (Wildman–Crippen MR) is 73.1 cm³/mol. The molecule has 0 unspecified atom stereocenters. The number of hydrogen-bond acceptors (Lipinski definition) is 4. The van der Waals surface area contributed by atoms with E-state index in [1.165, 1.54) is 6.07 Å². The molecule has 0 aliphatic heterocycles. The Morgan fingerprint density at radius 3 is 2.42 bits per heavy atom. The number of aryl methyl sites for hydroxylation is 1. The third-order valence-electron chi connectivity index (χ3n) is 2.74. The van der Waals surface area contributed by atoms with E-state index in [1.807, 2.05) is 31.2 Å². The summed E-state index contributed by atoms with van der Waals surface area (Å²) in [4.78, 5) is 0. The Kier molecular flexibility index (Phi) is 4.03. The fraction of sp³-hybridized carbons (Fsp3) is 0.133. The summed E-state index contributed by atoms with van der Waals surface area (Å²) >= 11 is 0. The Morgan fingerprint density at radius 2 is 1.79 bits per heavy atom. The molecule has 0 bridgehead atoms. The third kappa shape index (κ3) is 3.25. The normalized spacial score (nSPS) is 11.3. The maximum absolute atomic E-state index is 9.58. The number of phenols is 1. The topological polar surface area (TPSA) is 62.0 Å². The van der Waals surface area contributed by atoms with Gasteiger partial charge in [0.15, 0.2) is 11.5 Å². The fourth-order valence-electron chi connectivity index (χ4n) is 1.64. The third-order valence-corrected chi connectivity index (χ3v) is 2.74. The van der Waals surface area contributed by atoms with Gasteiger partial charge in [-0.05, 0) is 19.1 Å². The number of ether oxygens (including phenoxy) is 1. The molecule has 0 radical (unpaired) electrons. The van der Waals surface area contributed by atoms with E-state index in [9.17, 15) is 5.11 Å². The second-order valence-electron chi connectivity index (χ2n) is 4.17. The SMILES string of the molecule is Cc1ccc(C(COc2ccccc2O)=NO)cc1. The van der Waals surface area contributed by atoms with Gasteiger partial charge in [-0.2, -0.15) is 0 Å². The number of para-hydroxylation sites is 2. The van der Waals surface area contributed by atoms with E-state index in [2.05, 4.69) is 5.16 Å². The molecule has 2 aromatic carbocycles. The van der Waals surface area contributed by atoms with Crippen molar-refractivity contribution >= 4 is 5.71 Å². The summed E-state index contributed by atoms with van der Waals surface area (Å²) in [5.41, 5.74) is 2.31. The van der Waals surface area contributed by atoms with Crippen molar-refractivity contribution in [2.75, 3.05) is 6.61 Å². The van der Waals surface area contributed by atoms with Crippen molar-refractivity contribution in [3.63, 3.8) is 0 Å². The van der Waals surface area contributed by atoms with Crippen LogP contribution in [0.2, 0.25) is 0 Å². The maximum Gasteiger partial charge on any atom is 0.161 e. The molecule has 0 aliphatic rings. The van der Waals surface area contributed by atoms with E-state index in [1.54, 1.807) is 18.2 Å². The fourth-order valence-corrected chi connectivity index (χ4v) is 1.64. The Hall–Kier alpha value is -2.49. The molecule has 0 heterocycles. The van der Waals surface area contributed by atoms with Crippen LogP contribution >= 0.6 is 0 Å². The van der Waals surface area contributed by atoms with Gasteiger partial charge in [0.05, 0.1) is 0 Å². The molecule has 0 saturated carbocycles. The first kappa shape index (κ1) is 13.0. The summed E-state index contributed by atoms with van der Waals surface area (Å²) in [7, 11) is 0. The number of aromatic hydroxyl groups is 1. The minimum atomic E-state index is 0.0590. The first-order valence-electron chi connectivity index (χ1n) is 5.89. The van der Waals surface area contributed by atoms with Crippen LogP contribution in [-0.4, -0.2) is 22.6 Å². The highest BCUT2D eigenvalue weighted by Gasteiger charge is 2.07. The zero-order valence-electron chi connectivity index (χ0n) is 10.6. The first-order valence-corrected chi connectivity index (χ1v) is 5.89. The second-order valence-corrected chi connectivity index (χ2v) is 4.17. The molecule has 19 heavy (non-hydrogen) atoms. The van der Waals surface area contributed by atoms with Gasteiger partial charge in [-0.25, -0.2) is 0 Å². The summed E-state index contributed by atoms with van der Waals surface area (Å²) in [5.74, 6) is 0.416. The van der Waals surface area contributed by atoms with Gasteiger partial charge in [0, 0.05) is 5.56 Å². The largest absolute Gasteiger partial charge is 0.504 e. The van der Waals surface area contributed by atoms with Gasteiger partial charge in [0.25, 0.3) is 0 Å². The average Bonchev–Trinajstić information content (AvgIpc) is 2.43. The van der Waals surface area contributed by atoms with E-state index < -0.39 is 0 Å². The predicted octanol–water partition coefficient (Wildman–Crippen LogP) is 2.96. The lowest BCUT2D eigenvalue weighted by atomic mass is 10.1. The number of hydrogen-bond donors (Lipinski definition) is 2. The second kappa shape index (κ2) is 5.91. The Balaban J connectivity index is 2.09. The van der Waals surface area contributed by atoms with Crippen molar-refractivity contribution in [2.24, 2.45) is 5.16 Å². The first-order chi connectivity index (χ1) is 9.20. The van der Waals surface area contributed by atoms with E-state index >= 15 is 0 Å². The molecule has 2 aromatic rings. The van der Waals surface area contributed by atoms with Crippen LogP contribution < -0.4 is 4.74 Å². The zero-order chi connectivity index (χ0) is 13.7. The van der Waals surface area contributed by atoms with E-state index in [4.69, 9.17) is 9.94 Å². The van der Waals surface area contributed by atoms with Crippen LogP contribution in [0.25, 0.3) is 0 Å². The van der Waals surface area contributed by atoms with Crippen LogP contribution in [-0.2, 0) is 0 Å². The molecule has 0 amide bonds. The van der Waals surface area contributed by atoms with Crippen LogP contribution in [0.1, 0.15) is 11.1 Å². The number of phenolic OH excluding ortho intramolecular Hbond substituents is 1. The molecular formula is C15H15NO3. The van der Waals surface area contributed by atoms with Crippen LogP contribution in [0, 0.1) is 6.92 Å². The molecule has 0 aliphatic carbocycles. The molecule has 0 fully saturated rings. The van der Waals surface area contributed by atoms with Crippen molar-refractivity contribution in [2.45, 2.75) is 6.92 Å². The quantitative estimate of drug-likeness (QED) is 0.503.